The molecule has 0 saturated carbocycles. The third kappa shape index (κ3) is 2.73. The van der Waals surface area contributed by atoms with Gasteiger partial charge < -0.3 is 15.3 Å². The Morgan fingerprint density at radius 1 is 1.40 bits per heavy atom. The van der Waals surface area contributed by atoms with E-state index in [4.69, 9.17) is 0 Å². The summed E-state index contributed by atoms with van der Waals surface area (Å²) < 4.78 is 1.50. The number of aromatic nitrogens is 2. The monoisotopic (exact) mass is 342 g/mol. The van der Waals surface area contributed by atoms with Crippen LogP contribution >= 0.6 is 0 Å². The molecule has 2 aliphatic rings. The van der Waals surface area contributed by atoms with E-state index in [-0.39, 0.29) is 29.9 Å². The summed E-state index contributed by atoms with van der Waals surface area (Å²) in [5.74, 6) is 0.341. The average molecular weight is 342 g/mol. The molecular weight excluding hydrogens is 320 g/mol. The number of hydrogen-bond acceptors (Lipinski definition) is 5. The van der Waals surface area contributed by atoms with Gasteiger partial charge in [-0.3, -0.25) is 14.2 Å². The Hall–Kier alpha value is -2.25. The van der Waals surface area contributed by atoms with Crippen molar-refractivity contribution in [3.63, 3.8) is 0 Å². The van der Waals surface area contributed by atoms with Gasteiger partial charge in [-0.2, -0.15) is 0 Å². The van der Waals surface area contributed by atoms with Crippen LogP contribution in [-0.2, 0) is 11.3 Å². The van der Waals surface area contributed by atoms with Crippen LogP contribution in [0, 0.1) is 11.3 Å². The summed E-state index contributed by atoms with van der Waals surface area (Å²) in [5.41, 5.74) is 0.351. The maximum Gasteiger partial charge on any atom is 0.261 e. The quantitative estimate of drug-likeness (QED) is 0.805. The van der Waals surface area contributed by atoms with Gasteiger partial charge in [-0.1, -0.05) is 12.1 Å². The molecule has 1 amide bonds. The van der Waals surface area contributed by atoms with Crippen molar-refractivity contribution >= 4 is 16.8 Å². The number of rotatable bonds is 4. The lowest BCUT2D eigenvalue weighted by Crippen LogP contribution is -2.38. The zero-order valence-electron chi connectivity index (χ0n) is 14.0. The van der Waals surface area contributed by atoms with E-state index in [1.54, 1.807) is 12.1 Å². The first-order valence-electron chi connectivity index (χ1n) is 8.66. The average Bonchev–Trinajstić information content (AvgIpc) is 3.19. The van der Waals surface area contributed by atoms with Gasteiger partial charge in [-0.15, -0.1) is 0 Å². The van der Waals surface area contributed by atoms with Crippen LogP contribution in [0.25, 0.3) is 10.9 Å². The largest absolute Gasteiger partial charge is 0.396 e. The van der Waals surface area contributed by atoms with Crippen molar-refractivity contribution in [2.24, 2.45) is 11.3 Å². The topological polar surface area (TPSA) is 87.5 Å². The van der Waals surface area contributed by atoms with E-state index in [0.29, 0.717) is 36.5 Å². The number of nitrogens with one attached hydrogen (secondary N) is 1. The number of carbonyl (C=O) groups is 1. The number of likely N-dealkylation sites (tertiary alicyclic amines) is 1. The fraction of sp³-hybridized carbons (Fsp3) is 0.500. The number of aliphatic hydroxyl groups is 1. The van der Waals surface area contributed by atoms with Crippen molar-refractivity contribution in [1.29, 1.82) is 0 Å². The smallest absolute Gasteiger partial charge is 0.261 e. The molecular formula is C18H22N4O3. The lowest BCUT2D eigenvalue weighted by molar-refractivity contribution is -0.131. The Bertz CT molecular complexity index is 865. The molecule has 2 unspecified atom stereocenters. The van der Waals surface area contributed by atoms with E-state index in [9.17, 15) is 14.7 Å². The Labute approximate surface area is 145 Å². The predicted molar refractivity (Wildman–Crippen MR) is 93.1 cm³/mol. The van der Waals surface area contributed by atoms with E-state index < -0.39 is 0 Å². The first kappa shape index (κ1) is 16.2. The third-order valence-corrected chi connectivity index (χ3v) is 5.65. The Morgan fingerprint density at radius 3 is 3.04 bits per heavy atom. The van der Waals surface area contributed by atoms with Crippen LogP contribution in [0.4, 0.5) is 0 Å². The van der Waals surface area contributed by atoms with Crippen LogP contribution in [-0.4, -0.2) is 58.3 Å². The Kier molecular flexibility index (Phi) is 4.05. The van der Waals surface area contributed by atoms with E-state index in [2.05, 4.69) is 10.3 Å². The normalized spacial score (nSPS) is 25.5. The van der Waals surface area contributed by atoms with Crippen LogP contribution in [0.1, 0.15) is 6.42 Å². The molecule has 25 heavy (non-hydrogen) atoms. The third-order valence-electron chi connectivity index (χ3n) is 5.65. The summed E-state index contributed by atoms with van der Waals surface area (Å²) in [4.78, 5) is 31.2. The fourth-order valence-electron chi connectivity index (χ4n) is 4.07. The molecule has 1 aromatic carbocycles. The molecule has 7 heteroatoms. The van der Waals surface area contributed by atoms with Crippen molar-refractivity contribution in [3.05, 3.63) is 40.9 Å². The van der Waals surface area contributed by atoms with E-state index in [0.717, 1.165) is 13.1 Å². The molecule has 7 nitrogen and oxygen atoms in total. The van der Waals surface area contributed by atoms with Gasteiger partial charge >= 0.3 is 0 Å². The highest BCUT2D eigenvalue weighted by Gasteiger charge is 2.50. The van der Waals surface area contributed by atoms with Gasteiger partial charge in [0.05, 0.1) is 23.8 Å². The molecule has 3 heterocycles. The zero-order chi connectivity index (χ0) is 17.4. The Balaban J connectivity index is 1.45. The molecule has 0 aliphatic carbocycles. The number of aryl methyl sites for hydroxylation is 1. The molecule has 2 aromatic rings. The van der Waals surface area contributed by atoms with E-state index in [1.165, 1.54) is 10.9 Å². The molecule has 2 N–H and O–H groups in total. The van der Waals surface area contributed by atoms with E-state index >= 15 is 0 Å². The van der Waals surface area contributed by atoms with Crippen LogP contribution in [0.15, 0.2) is 35.4 Å². The zero-order valence-corrected chi connectivity index (χ0v) is 14.0. The van der Waals surface area contributed by atoms with Crippen molar-refractivity contribution in [2.75, 3.05) is 32.8 Å². The summed E-state index contributed by atoms with van der Waals surface area (Å²) in [5, 5.41) is 13.6. The number of amides is 1. The summed E-state index contributed by atoms with van der Waals surface area (Å²) in [6.45, 7) is 3.29. The lowest BCUT2D eigenvalue weighted by atomic mass is 9.82. The summed E-state index contributed by atoms with van der Waals surface area (Å²) >= 11 is 0. The number of para-hydroxylation sites is 1. The van der Waals surface area contributed by atoms with Gasteiger partial charge in [0.15, 0.2) is 0 Å². The molecule has 2 atom stereocenters. The number of carbonyl (C=O) groups excluding carboxylic acids is 1. The maximum atomic E-state index is 12.6. The Morgan fingerprint density at radius 2 is 2.24 bits per heavy atom. The molecule has 1 aromatic heterocycles. The van der Waals surface area contributed by atoms with Crippen LogP contribution in [0.2, 0.25) is 0 Å². The van der Waals surface area contributed by atoms with Crippen LogP contribution in [0.5, 0.6) is 0 Å². The second-order valence-corrected chi connectivity index (χ2v) is 7.13. The van der Waals surface area contributed by atoms with Crippen molar-refractivity contribution in [3.8, 4) is 0 Å². The highest BCUT2D eigenvalue weighted by Crippen LogP contribution is 2.38. The highest BCUT2D eigenvalue weighted by molar-refractivity contribution is 5.78. The lowest BCUT2D eigenvalue weighted by Gasteiger charge is -2.25. The fourth-order valence-corrected chi connectivity index (χ4v) is 4.07. The summed E-state index contributed by atoms with van der Waals surface area (Å²) in [6, 6.07) is 7.21. The molecule has 2 fully saturated rings. The van der Waals surface area contributed by atoms with Gasteiger partial charge in [0, 0.05) is 44.6 Å². The van der Waals surface area contributed by atoms with Gasteiger partial charge in [0.1, 0.15) is 0 Å². The first-order valence-corrected chi connectivity index (χ1v) is 8.66. The molecule has 2 aliphatic heterocycles. The van der Waals surface area contributed by atoms with Crippen LogP contribution in [0.3, 0.4) is 0 Å². The SMILES string of the molecule is O=C(CCn1cnc2ccccc2c1=O)N1CC2CNCC2(CO)C1. The first-order chi connectivity index (χ1) is 12.1. The van der Waals surface area contributed by atoms with Gasteiger partial charge in [0.2, 0.25) is 5.91 Å². The molecule has 132 valence electrons. The van der Waals surface area contributed by atoms with Crippen LogP contribution < -0.4 is 10.9 Å². The maximum absolute atomic E-state index is 12.6. The molecule has 4 rings (SSSR count). The van der Waals surface area contributed by atoms with Crippen molar-refractivity contribution in [1.82, 2.24) is 19.8 Å². The number of benzene rings is 1. The van der Waals surface area contributed by atoms with E-state index in [1.807, 2.05) is 17.0 Å². The number of hydrogen-bond donors (Lipinski definition) is 2. The van der Waals surface area contributed by atoms with Gasteiger partial charge in [-0.05, 0) is 18.1 Å². The highest BCUT2D eigenvalue weighted by atomic mass is 16.3. The molecule has 2 saturated heterocycles. The summed E-state index contributed by atoms with van der Waals surface area (Å²) in [6.07, 6.45) is 1.78. The van der Waals surface area contributed by atoms with Crippen molar-refractivity contribution < 1.29 is 9.90 Å². The number of aliphatic hydroxyl groups excluding tert-OH is 1. The van der Waals surface area contributed by atoms with Crippen molar-refractivity contribution in [2.45, 2.75) is 13.0 Å². The minimum atomic E-state index is -0.197. The second-order valence-electron chi connectivity index (χ2n) is 7.13. The minimum absolute atomic E-state index is 0.0299. The molecule has 0 spiro atoms. The number of fused-ring (bicyclic) bond motifs is 2. The van der Waals surface area contributed by atoms with Gasteiger partial charge in [-0.25, -0.2) is 4.98 Å². The molecule has 0 bridgehead atoms. The molecule has 0 radical (unpaired) electrons. The standard InChI is InChI=1S/C18H22N4O3/c23-11-18-9-19-7-13(18)8-22(10-18)16(24)5-6-21-12-20-15-4-2-1-3-14(15)17(21)25/h1-4,12-13,19,23H,5-11H2. The minimum Gasteiger partial charge on any atom is -0.396 e. The number of nitrogens with zero attached hydrogens (tertiary/aromatic N) is 3. The van der Waals surface area contributed by atoms with Gasteiger partial charge in [0.25, 0.3) is 5.56 Å². The summed E-state index contributed by atoms with van der Waals surface area (Å²) in [7, 11) is 0. The second kappa shape index (κ2) is 6.24. The predicted octanol–water partition coefficient (Wildman–Crippen LogP) is -0.173.